The minimum absolute atomic E-state index is 0.0667. The minimum Gasteiger partial charge on any atom is -0.677 e. The van der Waals surface area contributed by atoms with Crippen LogP contribution in [0.2, 0.25) is 0 Å². The molecule has 0 saturated heterocycles. The Labute approximate surface area is 115 Å². The smallest absolute Gasteiger partial charge is 0.347 e. The number of carbonyl (C=O) groups is 2. The molecule has 0 aromatic carbocycles. The highest BCUT2D eigenvalue weighted by Crippen LogP contribution is 2.23. The van der Waals surface area contributed by atoms with Gasteiger partial charge in [0.05, 0.1) is 0 Å². The van der Waals surface area contributed by atoms with Crippen molar-refractivity contribution in [3.63, 3.8) is 0 Å². The summed E-state index contributed by atoms with van der Waals surface area (Å²) in [5, 5.41) is 0. The Balaban J connectivity index is 4.71. The summed E-state index contributed by atoms with van der Waals surface area (Å²) in [5.41, 5.74) is 6.97. The molecule has 2 atom stereocenters. The van der Waals surface area contributed by atoms with Crippen molar-refractivity contribution in [1.82, 2.24) is 0 Å². The van der Waals surface area contributed by atoms with E-state index >= 15 is 0 Å². The fourth-order valence-corrected chi connectivity index (χ4v) is 1.30. The van der Waals surface area contributed by atoms with Gasteiger partial charge in [0.2, 0.25) is 0 Å². The van der Waals surface area contributed by atoms with Crippen molar-refractivity contribution in [2.75, 3.05) is 13.2 Å². The molecule has 110 valence electrons. The fourth-order valence-electron chi connectivity index (χ4n) is 1.30. The van der Waals surface area contributed by atoms with Gasteiger partial charge < -0.3 is 15.2 Å². The van der Waals surface area contributed by atoms with E-state index in [1.54, 1.807) is 6.92 Å². The highest BCUT2D eigenvalue weighted by molar-refractivity contribution is 5.80. The number of hydrogen-bond acceptors (Lipinski definition) is 4. The molecule has 0 bridgehead atoms. The Kier molecular flexibility index (Phi) is 7.37. The van der Waals surface area contributed by atoms with E-state index in [1.807, 2.05) is 20.8 Å². The molecule has 1 N–H and O–H groups in total. The number of carbonyl (C=O) groups excluding carboxylic acids is 2. The van der Waals surface area contributed by atoms with E-state index in [0.29, 0.717) is 6.42 Å². The van der Waals surface area contributed by atoms with Gasteiger partial charge in [0, 0.05) is 12.3 Å². The van der Waals surface area contributed by atoms with Crippen molar-refractivity contribution in [1.29, 1.82) is 0 Å². The average molecular weight is 270 g/mol. The molecule has 0 radical (unpaired) electrons. The van der Waals surface area contributed by atoms with Gasteiger partial charge in [0.25, 0.3) is 0 Å². The molecule has 0 heterocycles. The van der Waals surface area contributed by atoms with Crippen LogP contribution in [0, 0.1) is 11.3 Å². The SMILES string of the molecule is C=CCOC(=O)C(CC(C)(C)C)OC(=O)C(C)C[NH-]. The number of nitrogens with one attached hydrogen (secondary N) is 1. The molecule has 0 saturated carbocycles. The number of hydrogen-bond donors (Lipinski definition) is 0. The van der Waals surface area contributed by atoms with Gasteiger partial charge >= 0.3 is 11.9 Å². The van der Waals surface area contributed by atoms with Gasteiger partial charge in [-0.25, -0.2) is 4.79 Å². The highest BCUT2D eigenvalue weighted by Gasteiger charge is 2.30. The monoisotopic (exact) mass is 270 g/mol. The molecule has 0 aliphatic rings. The van der Waals surface area contributed by atoms with Gasteiger partial charge in [-0.2, -0.15) is 0 Å². The molecule has 0 aromatic rings. The van der Waals surface area contributed by atoms with E-state index in [0.717, 1.165) is 0 Å². The van der Waals surface area contributed by atoms with Crippen molar-refractivity contribution in [3.05, 3.63) is 18.4 Å². The number of rotatable bonds is 7. The molecule has 0 aromatic heterocycles. The Hall–Kier alpha value is -1.36. The maximum Gasteiger partial charge on any atom is 0.347 e. The van der Waals surface area contributed by atoms with E-state index in [-0.39, 0.29) is 18.6 Å². The van der Waals surface area contributed by atoms with Gasteiger partial charge in [-0.05, 0) is 5.41 Å². The fraction of sp³-hybridized carbons (Fsp3) is 0.714. The lowest BCUT2D eigenvalue weighted by Crippen LogP contribution is -2.35. The lowest BCUT2D eigenvalue weighted by molar-refractivity contribution is -0.171. The van der Waals surface area contributed by atoms with Crippen molar-refractivity contribution in [2.24, 2.45) is 11.3 Å². The van der Waals surface area contributed by atoms with Crippen LogP contribution >= 0.6 is 0 Å². The van der Waals surface area contributed by atoms with Gasteiger partial charge in [-0.1, -0.05) is 40.3 Å². The number of ether oxygens (including phenoxy) is 2. The van der Waals surface area contributed by atoms with E-state index in [1.165, 1.54) is 6.08 Å². The average Bonchev–Trinajstić information content (AvgIpc) is 2.32. The summed E-state index contributed by atoms with van der Waals surface area (Å²) in [6.07, 6.45) is 0.904. The van der Waals surface area contributed by atoms with Crippen molar-refractivity contribution < 1.29 is 19.1 Å². The molecule has 0 aliphatic heterocycles. The Bertz CT molecular complexity index is 320. The van der Waals surface area contributed by atoms with Crippen LogP contribution in [0.1, 0.15) is 34.1 Å². The Morgan fingerprint density at radius 2 is 1.89 bits per heavy atom. The Morgan fingerprint density at radius 1 is 1.32 bits per heavy atom. The van der Waals surface area contributed by atoms with Crippen LogP contribution in [0.15, 0.2) is 12.7 Å². The number of esters is 2. The van der Waals surface area contributed by atoms with Crippen molar-refractivity contribution in [2.45, 2.75) is 40.2 Å². The van der Waals surface area contributed by atoms with E-state index in [2.05, 4.69) is 6.58 Å². The molecule has 5 heteroatoms. The van der Waals surface area contributed by atoms with Gasteiger partial charge in [0.1, 0.15) is 6.61 Å². The zero-order valence-electron chi connectivity index (χ0n) is 12.2. The van der Waals surface area contributed by atoms with Crippen LogP contribution in [0.3, 0.4) is 0 Å². The summed E-state index contributed by atoms with van der Waals surface area (Å²) in [4.78, 5) is 23.5. The topological polar surface area (TPSA) is 76.4 Å². The second kappa shape index (κ2) is 7.94. The lowest BCUT2D eigenvalue weighted by atomic mass is 9.89. The maximum absolute atomic E-state index is 11.8. The van der Waals surface area contributed by atoms with Crippen LogP contribution in [-0.4, -0.2) is 31.2 Å². The third-order valence-electron chi connectivity index (χ3n) is 2.37. The Morgan fingerprint density at radius 3 is 2.32 bits per heavy atom. The summed E-state index contributed by atoms with van der Waals surface area (Å²) < 4.78 is 10.1. The molecule has 2 unspecified atom stereocenters. The van der Waals surface area contributed by atoms with Gasteiger partial charge in [-0.15, -0.1) is 6.54 Å². The maximum atomic E-state index is 11.8. The van der Waals surface area contributed by atoms with Crippen LogP contribution in [0.4, 0.5) is 0 Å². The highest BCUT2D eigenvalue weighted by atomic mass is 16.6. The quantitative estimate of drug-likeness (QED) is 0.526. The zero-order valence-corrected chi connectivity index (χ0v) is 12.2. The summed E-state index contributed by atoms with van der Waals surface area (Å²) >= 11 is 0. The first-order chi connectivity index (χ1) is 8.71. The van der Waals surface area contributed by atoms with Crippen molar-refractivity contribution in [3.8, 4) is 0 Å². The predicted molar refractivity (Wildman–Crippen MR) is 73.5 cm³/mol. The summed E-state index contributed by atoms with van der Waals surface area (Å²) in [5.74, 6) is -1.66. The minimum atomic E-state index is -0.929. The molecular weight excluding hydrogens is 246 g/mol. The molecule has 5 nitrogen and oxygen atoms in total. The molecule has 19 heavy (non-hydrogen) atoms. The normalized spacial score (nSPS) is 14.4. The first-order valence-electron chi connectivity index (χ1n) is 6.34. The summed E-state index contributed by atoms with van der Waals surface area (Å²) in [7, 11) is 0. The standard InChI is InChI=1S/C14H24NO4/c1-6-7-18-13(17)11(8-14(3,4)5)19-12(16)10(2)9-15/h6,10-11,15H,1,7-9H2,2-5H3/q-1. The van der Waals surface area contributed by atoms with Crippen LogP contribution in [0.25, 0.3) is 5.73 Å². The summed E-state index contributed by atoms with van der Waals surface area (Å²) in [6.45, 7) is 10.9. The van der Waals surface area contributed by atoms with Crippen LogP contribution in [0.5, 0.6) is 0 Å². The third-order valence-corrected chi connectivity index (χ3v) is 2.37. The van der Waals surface area contributed by atoms with Gasteiger partial charge in [0.15, 0.2) is 6.10 Å². The second-order valence-corrected chi connectivity index (χ2v) is 5.71. The zero-order chi connectivity index (χ0) is 15.1. The molecular formula is C14H24NO4-. The van der Waals surface area contributed by atoms with Crippen LogP contribution in [-0.2, 0) is 19.1 Å². The lowest BCUT2D eigenvalue weighted by Gasteiger charge is -2.25. The molecule has 0 spiro atoms. The molecule has 0 aliphatic carbocycles. The summed E-state index contributed by atoms with van der Waals surface area (Å²) in [6, 6.07) is 0. The predicted octanol–water partition coefficient (Wildman–Crippen LogP) is 2.75. The molecule has 0 rings (SSSR count). The van der Waals surface area contributed by atoms with Crippen molar-refractivity contribution >= 4 is 11.9 Å². The van der Waals surface area contributed by atoms with E-state index in [9.17, 15) is 9.59 Å². The van der Waals surface area contributed by atoms with Gasteiger partial charge in [-0.3, -0.25) is 4.79 Å². The first-order valence-corrected chi connectivity index (χ1v) is 6.34. The van der Waals surface area contributed by atoms with E-state index < -0.39 is 24.0 Å². The molecule has 0 fully saturated rings. The van der Waals surface area contributed by atoms with Crippen LogP contribution < -0.4 is 0 Å². The molecule has 0 amide bonds. The van der Waals surface area contributed by atoms with E-state index in [4.69, 9.17) is 15.2 Å². The largest absolute Gasteiger partial charge is 0.677 e. The first kappa shape index (κ1) is 17.6. The second-order valence-electron chi connectivity index (χ2n) is 5.71. The third kappa shape index (κ3) is 7.62.